The van der Waals surface area contributed by atoms with Crippen molar-refractivity contribution in [3.8, 4) is 0 Å². The molecular weight excluding hydrogens is 401 g/mol. The monoisotopic (exact) mass is 421 g/mol. The predicted molar refractivity (Wildman–Crippen MR) is 117 cm³/mol. The number of halogens is 2. The number of benzene rings is 2. The van der Waals surface area contributed by atoms with E-state index in [1.807, 2.05) is 36.5 Å². The molecule has 152 valence electrons. The first-order valence-electron chi connectivity index (χ1n) is 9.93. The van der Waals surface area contributed by atoms with Gasteiger partial charge in [-0.2, -0.15) is 4.98 Å². The fourth-order valence-corrected chi connectivity index (χ4v) is 4.41. The largest absolute Gasteiger partial charge is 0.361 e. The number of fused-ring (bicyclic) bond motifs is 2. The molecule has 0 fully saturated rings. The quantitative estimate of drug-likeness (QED) is 0.428. The molecule has 3 heterocycles. The molecule has 0 saturated heterocycles. The van der Waals surface area contributed by atoms with Crippen LogP contribution in [0, 0.1) is 5.82 Å². The molecule has 1 aliphatic rings. The van der Waals surface area contributed by atoms with Gasteiger partial charge in [0.2, 0.25) is 5.28 Å². The molecule has 5 rings (SSSR count). The van der Waals surface area contributed by atoms with E-state index in [0.29, 0.717) is 11.5 Å². The third kappa shape index (κ3) is 3.53. The van der Waals surface area contributed by atoms with Gasteiger partial charge >= 0.3 is 0 Å². The Labute approximate surface area is 178 Å². The minimum atomic E-state index is -0.223. The lowest BCUT2D eigenvalue weighted by Gasteiger charge is -2.40. The third-order valence-electron chi connectivity index (χ3n) is 5.77. The number of aromatic amines is 1. The van der Waals surface area contributed by atoms with Gasteiger partial charge in [-0.05, 0) is 53.4 Å². The van der Waals surface area contributed by atoms with E-state index in [-0.39, 0.29) is 23.2 Å². The van der Waals surface area contributed by atoms with Gasteiger partial charge in [0.25, 0.3) is 0 Å². The zero-order valence-electron chi connectivity index (χ0n) is 16.4. The summed E-state index contributed by atoms with van der Waals surface area (Å²) < 4.78 is 14.1. The van der Waals surface area contributed by atoms with Gasteiger partial charge in [-0.1, -0.05) is 36.4 Å². The Hall–Kier alpha value is -2.96. The number of anilines is 1. The average Bonchev–Trinajstić information content (AvgIpc) is 3.21. The van der Waals surface area contributed by atoms with E-state index < -0.39 is 0 Å². The van der Waals surface area contributed by atoms with Crippen molar-refractivity contribution < 1.29 is 4.39 Å². The van der Waals surface area contributed by atoms with E-state index in [1.54, 1.807) is 6.07 Å². The Morgan fingerprint density at radius 3 is 2.80 bits per heavy atom. The van der Waals surface area contributed by atoms with Crippen LogP contribution in [0.2, 0.25) is 5.28 Å². The first-order valence-corrected chi connectivity index (χ1v) is 10.3. The van der Waals surface area contributed by atoms with Crippen LogP contribution in [0.5, 0.6) is 0 Å². The highest BCUT2D eigenvalue weighted by molar-refractivity contribution is 6.28. The normalized spacial score (nSPS) is 19.0. The Balaban J connectivity index is 1.53. The standard InChI is InChI=1S/C23H21ClFN5/c1-14-19-11-16(25)7-8-17(19)20(13-30(14)12-15-5-3-2-4-6-15)27-22-18-9-10-26-21(18)28-23(24)29-22/h2-11,14,20H,12-13H2,1H3,(H2,26,27,28,29)/t14-,20+/m0/s1. The van der Waals surface area contributed by atoms with E-state index in [2.05, 4.69) is 44.2 Å². The number of rotatable bonds is 4. The maximum absolute atomic E-state index is 14.1. The molecule has 30 heavy (non-hydrogen) atoms. The molecule has 2 aromatic carbocycles. The molecule has 2 N–H and O–H groups in total. The maximum Gasteiger partial charge on any atom is 0.226 e. The summed E-state index contributed by atoms with van der Waals surface area (Å²) in [6.07, 6.45) is 1.81. The summed E-state index contributed by atoms with van der Waals surface area (Å²) in [4.78, 5) is 14.1. The van der Waals surface area contributed by atoms with E-state index in [1.165, 1.54) is 11.6 Å². The van der Waals surface area contributed by atoms with Crippen LogP contribution in [0.1, 0.15) is 35.7 Å². The van der Waals surface area contributed by atoms with Gasteiger partial charge in [-0.25, -0.2) is 9.37 Å². The molecule has 0 unspecified atom stereocenters. The lowest BCUT2D eigenvalue weighted by Crippen LogP contribution is -2.39. The van der Waals surface area contributed by atoms with Crippen molar-refractivity contribution in [3.05, 3.63) is 88.6 Å². The van der Waals surface area contributed by atoms with Gasteiger partial charge in [-0.15, -0.1) is 0 Å². The van der Waals surface area contributed by atoms with Crippen molar-refractivity contribution in [2.45, 2.75) is 25.6 Å². The summed E-state index contributed by atoms with van der Waals surface area (Å²) in [6, 6.07) is 17.3. The molecule has 0 radical (unpaired) electrons. The molecule has 5 nitrogen and oxygen atoms in total. The summed E-state index contributed by atoms with van der Waals surface area (Å²) in [5.74, 6) is 0.444. The van der Waals surface area contributed by atoms with Gasteiger partial charge < -0.3 is 10.3 Å². The molecule has 0 amide bonds. The molecule has 0 saturated carbocycles. The minimum absolute atomic E-state index is 0.0652. The molecule has 0 spiro atoms. The van der Waals surface area contributed by atoms with Crippen LogP contribution in [0.4, 0.5) is 10.2 Å². The average molecular weight is 422 g/mol. The molecule has 0 bridgehead atoms. The van der Waals surface area contributed by atoms with E-state index in [9.17, 15) is 4.39 Å². The highest BCUT2D eigenvalue weighted by atomic mass is 35.5. The van der Waals surface area contributed by atoms with Crippen LogP contribution in [0.3, 0.4) is 0 Å². The van der Waals surface area contributed by atoms with E-state index >= 15 is 0 Å². The highest BCUT2D eigenvalue weighted by Crippen LogP contribution is 2.38. The second-order valence-corrected chi connectivity index (χ2v) is 7.98. The number of nitrogens with one attached hydrogen (secondary N) is 2. The first kappa shape index (κ1) is 19.0. The van der Waals surface area contributed by atoms with Crippen LogP contribution in [0.25, 0.3) is 11.0 Å². The summed E-state index contributed by atoms with van der Waals surface area (Å²) >= 11 is 6.14. The van der Waals surface area contributed by atoms with E-state index in [4.69, 9.17) is 11.6 Å². The van der Waals surface area contributed by atoms with Crippen LogP contribution < -0.4 is 5.32 Å². The number of hydrogen-bond donors (Lipinski definition) is 2. The number of nitrogens with zero attached hydrogens (tertiary/aromatic N) is 3. The molecule has 2 atom stereocenters. The lowest BCUT2D eigenvalue weighted by molar-refractivity contribution is 0.176. The fraction of sp³-hybridized carbons (Fsp3) is 0.217. The SMILES string of the molecule is C[C@H]1c2cc(F)ccc2[C@H](Nc2nc(Cl)nc3[nH]ccc23)CN1Cc1ccccc1. The van der Waals surface area contributed by atoms with Gasteiger partial charge in [0.05, 0.1) is 11.4 Å². The van der Waals surface area contributed by atoms with Crippen LogP contribution in [-0.4, -0.2) is 26.4 Å². The van der Waals surface area contributed by atoms with Crippen molar-refractivity contribution in [1.29, 1.82) is 0 Å². The number of aromatic nitrogens is 3. The van der Waals surface area contributed by atoms with Crippen LogP contribution in [0.15, 0.2) is 60.8 Å². The Morgan fingerprint density at radius 2 is 1.97 bits per heavy atom. The highest BCUT2D eigenvalue weighted by Gasteiger charge is 2.31. The smallest absolute Gasteiger partial charge is 0.226 e. The van der Waals surface area contributed by atoms with Crippen molar-refractivity contribution in [1.82, 2.24) is 19.9 Å². The van der Waals surface area contributed by atoms with Gasteiger partial charge in [0.1, 0.15) is 17.3 Å². The molecule has 7 heteroatoms. The molecule has 0 aliphatic carbocycles. The summed E-state index contributed by atoms with van der Waals surface area (Å²) in [7, 11) is 0. The molecule has 2 aromatic heterocycles. The van der Waals surface area contributed by atoms with E-state index in [0.717, 1.165) is 29.6 Å². The van der Waals surface area contributed by atoms with Crippen LogP contribution in [-0.2, 0) is 6.54 Å². The van der Waals surface area contributed by atoms with Crippen molar-refractivity contribution in [2.24, 2.45) is 0 Å². The minimum Gasteiger partial charge on any atom is -0.361 e. The Kier molecular flexibility index (Phi) is 4.89. The second kappa shape index (κ2) is 7.70. The van der Waals surface area contributed by atoms with Gasteiger partial charge in [0, 0.05) is 25.3 Å². The van der Waals surface area contributed by atoms with Crippen molar-refractivity contribution in [2.75, 3.05) is 11.9 Å². The first-order chi connectivity index (χ1) is 14.6. The van der Waals surface area contributed by atoms with Crippen molar-refractivity contribution >= 4 is 28.5 Å². The zero-order valence-corrected chi connectivity index (χ0v) is 17.2. The molecular formula is C23H21ClFN5. The lowest BCUT2D eigenvalue weighted by atomic mass is 9.89. The molecule has 4 aromatic rings. The maximum atomic E-state index is 14.1. The summed E-state index contributed by atoms with van der Waals surface area (Å²) in [5.41, 5.74) is 3.97. The van der Waals surface area contributed by atoms with Gasteiger partial charge in [0.15, 0.2) is 0 Å². The zero-order chi connectivity index (χ0) is 20.7. The van der Waals surface area contributed by atoms with Crippen LogP contribution >= 0.6 is 11.6 Å². The number of hydrogen-bond acceptors (Lipinski definition) is 4. The second-order valence-electron chi connectivity index (χ2n) is 7.64. The summed E-state index contributed by atoms with van der Waals surface area (Å²) in [5, 5.41) is 4.59. The predicted octanol–water partition coefficient (Wildman–Crippen LogP) is 5.48. The van der Waals surface area contributed by atoms with Crippen molar-refractivity contribution in [3.63, 3.8) is 0 Å². The molecule has 1 aliphatic heterocycles. The Morgan fingerprint density at radius 1 is 1.13 bits per heavy atom. The topological polar surface area (TPSA) is 56.8 Å². The number of H-pyrrole nitrogens is 1. The third-order valence-corrected chi connectivity index (χ3v) is 5.94. The fourth-order valence-electron chi connectivity index (χ4n) is 4.24. The summed E-state index contributed by atoms with van der Waals surface area (Å²) in [6.45, 7) is 3.66. The van der Waals surface area contributed by atoms with Gasteiger partial charge in [-0.3, -0.25) is 4.90 Å². The Bertz CT molecular complexity index is 1190.